The summed E-state index contributed by atoms with van der Waals surface area (Å²) in [5, 5.41) is 6.04. The Hall–Kier alpha value is -3.42. The van der Waals surface area contributed by atoms with Crippen molar-refractivity contribution in [1.29, 1.82) is 0 Å². The first-order valence-electron chi connectivity index (χ1n) is 7.15. The Bertz CT molecular complexity index is 791. The van der Waals surface area contributed by atoms with Crippen LogP contribution in [0.15, 0.2) is 47.6 Å². The second kappa shape index (κ2) is 8.44. The molecule has 2 aromatic carbocycles. The molecule has 0 fully saturated rings. The first-order chi connectivity index (χ1) is 12.0. The third-order valence-corrected chi connectivity index (χ3v) is 3.11. The van der Waals surface area contributed by atoms with Crippen LogP contribution in [-0.2, 0) is 9.59 Å². The van der Waals surface area contributed by atoms with Crippen molar-refractivity contribution in [3.63, 3.8) is 0 Å². The molecule has 2 N–H and O–H groups in total. The van der Waals surface area contributed by atoms with Crippen molar-refractivity contribution in [3.8, 4) is 11.5 Å². The molecule has 130 valence electrons. The lowest BCUT2D eigenvalue weighted by atomic mass is 10.2. The molecule has 2 amide bonds. The quantitative estimate of drug-likeness (QED) is 0.492. The fourth-order valence-electron chi connectivity index (χ4n) is 1.87. The van der Waals surface area contributed by atoms with Gasteiger partial charge in [0.05, 0.1) is 20.4 Å². The van der Waals surface area contributed by atoms with E-state index in [1.807, 2.05) is 0 Å². The second-order valence-electron chi connectivity index (χ2n) is 4.77. The van der Waals surface area contributed by atoms with Gasteiger partial charge in [-0.2, -0.15) is 5.10 Å². The lowest BCUT2D eigenvalue weighted by Gasteiger charge is -2.07. The largest absolute Gasteiger partial charge is 0.497 e. The Morgan fingerprint density at radius 1 is 1.04 bits per heavy atom. The molecule has 0 aromatic heterocycles. The fraction of sp³-hybridized carbons (Fsp3) is 0.118. The summed E-state index contributed by atoms with van der Waals surface area (Å²) in [6.45, 7) is 0. The molecule has 0 aliphatic heterocycles. The van der Waals surface area contributed by atoms with Gasteiger partial charge < -0.3 is 14.8 Å². The standard InChI is InChI=1S/C17H16FN3O4/c1-24-14-7-8-15(25-2)11(9-14)10-19-21-17(23)16(22)20-13-5-3-12(18)4-6-13/h3-10H,1-2H3,(H,20,22)(H,21,23)/b19-10+. The molecule has 0 saturated carbocycles. The molecule has 7 nitrogen and oxygen atoms in total. The molecule has 0 bridgehead atoms. The first kappa shape index (κ1) is 17.9. The smallest absolute Gasteiger partial charge is 0.329 e. The van der Waals surface area contributed by atoms with Gasteiger partial charge >= 0.3 is 11.8 Å². The fourth-order valence-corrected chi connectivity index (χ4v) is 1.87. The molecule has 0 atom stereocenters. The highest BCUT2D eigenvalue weighted by Crippen LogP contribution is 2.22. The summed E-state index contributed by atoms with van der Waals surface area (Å²) in [4.78, 5) is 23.4. The van der Waals surface area contributed by atoms with Crippen LogP contribution in [0.3, 0.4) is 0 Å². The number of rotatable bonds is 5. The first-order valence-corrected chi connectivity index (χ1v) is 7.15. The molecule has 8 heteroatoms. The average molecular weight is 345 g/mol. The molecular weight excluding hydrogens is 329 g/mol. The topological polar surface area (TPSA) is 89.0 Å². The van der Waals surface area contributed by atoms with Crippen molar-refractivity contribution in [1.82, 2.24) is 5.43 Å². The number of carbonyl (C=O) groups excluding carboxylic acids is 2. The molecule has 2 aromatic rings. The number of hydrogen-bond acceptors (Lipinski definition) is 5. The summed E-state index contributed by atoms with van der Waals surface area (Å²) < 4.78 is 23.1. The van der Waals surface area contributed by atoms with Gasteiger partial charge in [-0.15, -0.1) is 0 Å². The molecule has 0 spiro atoms. The lowest BCUT2D eigenvalue weighted by Crippen LogP contribution is -2.32. The SMILES string of the molecule is COc1ccc(OC)c(/C=N/NC(=O)C(=O)Nc2ccc(F)cc2)c1. The molecule has 2 rings (SSSR count). The van der Waals surface area contributed by atoms with Crippen LogP contribution in [0.5, 0.6) is 11.5 Å². The number of amides is 2. The number of methoxy groups -OCH3 is 2. The van der Waals surface area contributed by atoms with Gasteiger partial charge in [-0.1, -0.05) is 0 Å². The van der Waals surface area contributed by atoms with Crippen LogP contribution in [0.25, 0.3) is 0 Å². The van der Waals surface area contributed by atoms with E-state index >= 15 is 0 Å². The molecular formula is C17H16FN3O4. The maximum absolute atomic E-state index is 12.8. The zero-order valence-electron chi connectivity index (χ0n) is 13.6. The Balaban J connectivity index is 1.97. The number of hydrogen-bond donors (Lipinski definition) is 2. The zero-order chi connectivity index (χ0) is 18.2. The van der Waals surface area contributed by atoms with Crippen molar-refractivity contribution in [2.75, 3.05) is 19.5 Å². The maximum Gasteiger partial charge on any atom is 0.329 e. The van der Waals surface area contributed by atoms with Crippen molar-refractivity contribution in [3.05, 3.63) is 53.8 Å². The van der Waals surface area contributed by atoms with E-state index in [4.69, 9.17) is 9.47 Å². The number of nitrogens with one attached hydrogen (secondary N) is 2. The highest BCUT2D eigenvalue weighted by Gasteiger charge is 2.13. The van der Waals surface area contributed by atoms with Gasteiger partial charge in [-0.05, 0) is 42.5 Å². The van der Waals surface area contributed by atoms with E-state index < -0.39 is 17.6 Å². The van der Waals surface area contributed by atoms with Crippen LogP contribution in [0.4, 0.5) is 10.1 Å². The Labute approximate surface area is 143 Å². The Morgan fingerprint density at radius 3 is 2.40 bits per heavy atom. The van der Waals surface area contributed by atoms with E-state index in [0.29, 0.717) is 22.7 Å². The molecule has 0 aliphatic rings. The zero-order valence-corrected chi connectivity index (χ0v) is 13.6. The number of halogens is 1. The normalized spacial score (nSPS) is 10.4. The van der Waals surface area contributed by atoms with E-state index in [-0.39, 0.29) is 0 Å². The summed E-state index contributed by atoms with van der Waals surface area (Å²) in [5.41, 5.74) is 2.95. The summed E-state index contributed by atoms with van der Waals surface area (Å²) >= 11 is 0. The molecule has 0 saturated heterocycles. The van der Waals surface area contributed by atoms with Gasteiger partial charge in [0, 0.05) is 11.3 Å². The minimum Gasteiger partial charge on any atom is -0.497 e. The Morgan fingerprint density at radius 2 is 1.76 bits per heavy atom. The minimum atomic E-state index is -0.970. The molecule has 25 heavy (non-hydrogen) atoms. The van der Waals surface area contributed by atoms with E-state index in [1.165, 1.54) is 44.7 Å². The summed E-state index contributed by atoms with van der Waals surface area (Å²) in [6.07, 6.45) is 1.32. The van der Waals surface area contributed by atoms with Crippen molar-refractivity contribution < 1.29 is 23.5 Å². The number of carbonyl (C=O) groups is 2. The van der Waals surface area contributed by atoms with Crippen LogP contribution in [-0.4, -0.2) is 32.2 Å². The van der Waals surface area contributed by atoms with Crippen LogP contribution in [0.2, 0.25) is 0 Å². The van der Waals surface area contributed by atoms with Gasteiger partial charge in [0.2, 0.25) is 0 Å². The predicted octanol–water partition coefficient (Wildman–Crippen LogP) is 1.93. The highest BCUT2D eigenvalue weighted by molar-refractivity contribution is 6.39. The van der Waals surface area contributed by atoms with E-state index in [2.05, 4.69) is 15.8 Å². The van der Waals surface area contributed by atoms with E-state index in [1.54, 1.807) is 18.2 Å². The molecule has 0 radical (unpaired) electrons. The van der Waals surface area contributed by atoms with Gasteiger partial charge in [-0.3, -0.25) is 9.59 Å². The van der Waals surface area contributed by atoms with Crippen molar-refractivity contribution in [2.24, 2.45) is 5.10 Å². The van der Waals surface area contributed by atoms with Gasteiger partial charge in [0.15, 0.2) is 0 Å². The van der Waals surface area contributed by atoms with Crippen LogP contribution >= 0.6 is 0 Å². The summed E-state index contributed by atoms with van der Waals surface area (Å²) in [7, 11) is 3.01. The number of hydrazone groups is 1. The maximum atomic E-state index is 12.8. The Kier molecular flexibility index (Phi) is 6.05. The number of anilines is 1. The van der Waals surface area contributed by atoms with Crippen molar-refractivity contribution >= 4 is 23.7 Å². The third kappa shape index (κ3) is 5.03. The predicted molar refractivity (Wildman–Crippen MR) is 90.3 cm³/mol. The highest BCUT2D eigenvalue weighted by atomic mass is 19.1. The van der Waals surface area contributed by atoms with Gasteiger partial charge in [0.1, 0.15) is 17.3 Å². The van der Waals surface area contributed by atoms with Crippen molar-refractivity contribution in [2.45, 2.75) is 0 Å². The van der Waals surface area contributed by atoms with E-state index in [9.17, 15) is 14.0 Å². The summed E-state index contributed by atoms with van der Waals surface area (Å²) in [5.74, 6) is -1.24. The van der Waals surface area contributed by atoms with Gasteiger partial charge in [0.25, 0.3) is 0 Å². The minimum absolute atomic E-state index is 0.292. The monoisotopic (exact) mass is 345 g/mol. The molecule has 0 unspecified atom stereocenters. The summed E-state index contributed by atoms with van der Waals surface area (Å²) in [6, 6.07) is 10.1. The molecule has 0 heterocycles. The number of nitrogens with zero attached hydrogens (tertiary/aromatic N) is 1. The van der Waals surface area contributed by atoms with Crippen LogP contribution in [0.1, 0.15) is 5.56 Å². The van der Waals surface area contributed by atoms with Crippen LogP contribution in [0, 0.1) is 5.82 Å². The molecule has 0 aliphatic carbocycles. The number of ether oxygens (including phenoxy) is 2. The van der Waals surface area contributed by atoms with Gasteiger partial charge in [-0.25, -0.2) is 9.82 Å². The second-order valence-corrected chi connectivity index (χ2v) is 4.77. The van der Waals surface area contributed by atoms with E-state index in [0.717, 1.165) is 0 Å². The lowest BCUT2D eigenvalue weighted by molar-refractivity contribution is -0.136. The number of benzene rings is 2. The third-order valence-electron chi connectivity index (χ3n) is 3.11. The van der Waals surface area contributed by atoms with Crippen LogP contribution < -0.4 is 20.2 Å². The average Bonchev–Trinajstić information content (AvgIpc) is 2.63.